The molecule has 0 aliphatic carbocycles. The van der Waals surface area contributed by atoms with Gasteiger partial charge in [-0.1, -0.05) is 26.0 Å². The van der Waals surface area contributed by atoms with Crippen molar-refractivity contribution in [1.29, 1.82) is 0 Å². The number of ketones is 1. The first-order valence-electron chi connectivity index (χ1n) is 5.91. The van der Waals surface area contributed by atoms with E-state index in [0.29, 0.717) is 5.92 Å². The molecule has 1 heterocycles. The Morgan fingerprint density at radius 2 is 1.94 bits per heavy atom. The number of carbonyl (C=O) groups excluding carboxylic acids is 2. The predicted molar refractivity (Wildman–Crippen MR) is 67.2 cm³/mol. The summed E-state index contributed by atoms with van der Waals surface area (Å²) in [7, 11) is 0. The molecule has 1 aliphatic heterocycles. The largest absolute Gasteiger partial charge is 0.304 e. The summed E-state index contributed by atoms with van der Waals surface area (Å²) in [6.07, 6.45) is 0.0470. The SMILES string of the molecule is Cc1ccc(C(C)C)cc1N1CC(=O)CC1=O. The fraction of sp³-hybridized carbons (Fsp3) is 0.429. The zero-order valence-electron chi connectivity index (χ0n) is 10.5. The summed E-state index contributed by atoms with van der Waals surface area (Å²) >= 11 is 0. The highest BCUT2D eigenvalue weighted by Crippen LogP contribution is 2.27. The zero-order valence-corrected chi connectivity index (χ0v) is 10.5. The van der Waals surface area contributed by atoms with E-state index in [9.17, 15) is 9.59 Å². The summed E-state index contributed by atoms with van der Waals surface area (Å²) in [5.74, 6) is 0.339. The van der Waals surface area contributed by atoms with Crippen molar-refractivity contribution in [3.63, 3.8) is 0 Å². The Bertz CT molecular complexity index is 477. The number of amides is 1. The molecule has 1 aromatic rings. The van der Waals surface area contributed by atoms with Crippen molar-refractivity contribution in [2.24, 2.45) is 0 Å². The van der Waals surface area contributed by atoms with Gasteiger partial charge in [0.15, 0.2) is 5.78 Å². The molecular weight excluding hydrogens is 214 g/mol. The van der Waals surface area contributed by atoms with Gasteiger partial charge >= 0.3 is 0 Å². The summed E-state index contributed by atoms with van der Waals surface area (Å²) in [6.45, 7) is 6.42. The molecule has 0 saturated carbocycles. The normalized spacial score (nSPS) is 16.1. The van der Waals surface area contributed by atoms with Crippen molar-refractivity contribution in [2.45, 2.75) is 33.1 Å². The van der Waals surface area contributed by atoms with E-state index in [1.165, 1.54) is 5.56 Å². The molecule has 0 atom stereocenters. The van der Waals surface area contributed by atoms with Crippen LogP contribution < -0.4 is 4.90 Å². The molecule has 17 heavy (non-hydrogen) atoms. The Morgan fingerprint density at radius 1 is 1.24 bits per heavy atom. The van der Waals surface area contributed by atoms with Crippen LogP contribution in [0.1, 0.15) is 37.3 Å². The zero-order chi connectivity index (χ0) is 12.6. The van der Waals surface area contributed by atoms with Crippen molar-refractivity contribution in [3.05, 3.63) is 29.3 Å². The molecule has 0 spiro atoms. The molecule has 0 radical (unpaired) electrons. The lowest BCUT2D eigenvalue weighted by molar-refractivity contribution is -0.121. The lowest BCUT2D eigenvalue weighted by Crippen LogP contribution is -2.25. The van der Waals surface area contributed by atoms with Crippen LogP contribution in [0.2, 0.25) is 0 Å². The summed E-state index contributed by atoms with van der Waals surface area (Å²) in [6, 6.07) is 6.11. The van der Waals surface area contributed by atoms with E-state index >= 15 is 0 Å². The van der Waals surface area contributed by atoms with Gasteiger partial charge in [0.2, 0.25) is 5.91 Å². The quantitative estimate of drug-likeness (QED) is 0.733. The molecule has 3 nitrogen and oxygen atoms in total. The van der Waals surface area contributed by atoms with Crippen molar-refractivity contribution < 1.29 is 9.59 Å². The average molecular weight is 231 g/mol. The highest BCUT2D eigenvalue weighted by Gasteiger charge is 2.29. The molecule has 1 aliphatic rings. The lowest BCUT2D eigenvalue weighted by Gasteiger charge is -2.19. The molecular formula is C14H17NO2. The monoisotopic (exact) mass is 231 g/mol. The van der Waals surface area contributed by atoms with Crippen molar-refractivity contribution in [1.82, 2.24) is 0 Å². The van der Waals surface area contributed by atoms with E-state index in [4.69, 9.17) is 0 Å². The van der Waals surface area contributed by atoms with Crippen LogP contribution >= 0.6 is 0 Å². The van der Waals surface area contributed by atoms with Crippen LogP contribution in [0.3, 0.4) is 0 Å². The average Bonchev–Trinajstić information content (AvgIpc) is 2.58. The van der Waals surface area contributed by atoms with Crippen LogP contribution in [-0.2, 0) is 9.59 Å². The second-order valence-electron chi connectivity index (χ2n) is 4.90. The number of carbonyl (C=O) groups is 2. The Morgan fingerprint density at radius 3 is 2.47 bits per heavy atom. The molecule has 0 bridgehead atoms. The molecule has 1 fully saturated rings. The van der Waals surface area contributed by atoms with E-state index in [-0.39, 0.29) is 24.7 Å². The number of hydrogen-bond donors (Lipinski definition) is 0. The Hall–Kier alpha value is -1.64. The van der Waals surface area contributed by atoms with Gasteiger partial charge in [0.1, 0.15) is 0 Å². The van der Waals surface area contributed by atoms with Crippen LogP contribution in [0.5, 0.6) is 0 Å². The number of anilines is 1. The first-order chi connectivity index (χ1) is 7.99. The topological polar surface area (TPSA) is 37.4 Å². The maximum Gasteiger partial charge on any atom is 0.234 e. The molecule has 0 N–H and O–H groups in total. The Labute approximate surface area is 101 Å². The van der Waals surface area contributed by atoms with Crippen LogP contribution in [-0.4, -0.2) is 18.2 Å². The Kier molecular flexibility index (Phi) is 3.01. The van der Waals surface area contributed by atoms with E-state index in [1.807, 2.05) is 19.1 Å². The minimum atomic E-state index is -0.0843. The molecule has 1 amide bonds. The van der Waals surface area contributed by atoms with Gasteiger partial charge in [-0.05, 0) is 30.0 Å². The first kappa shape index (κ1) is 11.8. The number of hydrogen-bond acceptors (Lipinski definition) is 2. The molecule has 0 unspecified atom stereocenters. The molecule has 1 saturated heterocycles. The molecule has 3 heteroatoms. The fourth-order valence-corrected chi connectivity index (χ4v) is 2.08. The minimum absolute atomic E-state index is 0.00403. The highest BCUT2D eigenvalue weighted by atomic mass is 16.2. The van der Waals surface area contributed by atoms with Crippen molar-refractivity contribution in [3.8, 4) is 0 Å². The highest BCUT2D eigenvalue weighted by molar-refractivity contribution is 6.15. The second-order valence-corrected chi connectivity index (χ2v) is 4.90. The number of rotatable bonds is 2. The van der Waals surface area contributed by atoms with Gasteiger partial charge in [-0.25, -0.2) is 0 Å². The van der Waals surface area contributed by atoms with Crippen LogP contribution in [0.4, 0.5) is 5.69 Å². The summed E-state index contributed by atoms with van der Waals surface area (Å²) in [4.78, 5) is 24.6. The van der Waals surface area contributed by atoms with E-state index < -0.39 is 0 Å². The number of nitrogens with zero attached hydrogens (tertiary/aromatic N) is 1. The molecule has 1 aromatic carbocycles. The van der Waals surface area contributed by atoms with E-state index in [1.54, 1.807) is 4.90 Å². The third-order valence-electron chi connectivity index (χ3n) is 3.17. The lowest BCUT2D eigenvalue weighted by atomic mass is 10.0. The van der Waals surface area contributed by atoms with Gasteiger partial charge in [0.25, 0.3) is 0 Å². The first-order valence-corrected chi connectivity index (χ1v) is 5.91. The number of benzene rings is 1. The van der Waals surface area contributed by atoms with E-state index in [0.717, 1.165) is 11.3 Å². The molecule has 90 valence electrons. The number of Topliss-reactive ketones (excluding diaryl/α,β-unsaturated/α-hetero) is 1. The van der Waals surface area contributed by atoms with E-state index in [2.05, 4.69) is 19.9 Å². The molecule has 0 aromatic heterocycles. The summed E-state index contributed by atoms with van der Waals surface area (Å²) in [5, 5.41) is 0. The van der Waals surface area contributed by atoms with Gasteiger partial charge in [0.05, 0.1) is 13.0 Å². The third-order valence-corrected chi connectivity index (χ3v) is 3.17. The maximum atomic E-state index is 11.7. The van der Waals surface area contributed by atoms with Crippen molar-refractivity contribution >= 4 is 17.4 Å². The Balaban J connectivity index is 2.40. The van der Waals surface area contributed by atoms with Crippen LogP contribution in [0, 0.1) is 6.92 Å². The van der Waals surface area contributed by atoms with Gasteiger partial charge in [0, 0.05) is 5.69 Å². The van der Waals surface area contributed by atoms with Crippen LogP contribution in [0.25, 0.3) is 0 Å². The maximum absolute atomic E-state index is 11.7. The van der Waals surface area contributed by atoms with Gasteiger partial charge in [-0.15, -0.1) is 0 Å². The van der Waals surface area contributed by atoms with Gasteiger partial charge < -0.3 is 4.90 Å². The standard InChI is InChI=1S/C14H17NO2/c1-9(2)11-5-4-10(3)13(6-11)15-8-12(16)7-14(15)17/h4-6,9H,7-8H2,1-3H3. The van der Waals surface area contributed by atoms with Crippen molar-refractivity contribution in [2.75, 3.05) is 11.4 Å². The fourth-order valence-electron chi connectivity index (χ4n) is 2.08. The smallest absolute Gasteiger partial charge is 0.234 e. The number of aryl methyl sites for hydroxylation is 1. The van der Waals surface area contributed by atoms with Gasteiger partial charge in [-0.3, -0.25) is 9.59 Å². The molecule has 2 rings (SSSR count). The summed E-state index contributed by atoms with van der Waals surface area (Å²) in [5.41, 5.74) is 3.11. The predicted octanol–water partition coefficient (Wildman–Crippen LogP) is 2.42. The van der Waals surface area contributed by atoms with Gasteiger partial charge in [-0.2, -0.15) is 0 Å². The second kappa shape index (κ2) is 4.32. The third kappa shape index (κ3) is 2.23. The minimum Gasteiger partial charge on any atom is -0.304 e. The van der Waals surface area contributed by atoms with Crippen LogP contribution in [0.15, 0.2) is 18.2 Å². The summed E-state index contributed by atoms with van der Waals surface area (Å²) < 4.78 is 0.